The van der Waals surface area contributed by atoms with E-state index in [0.717, 1.165) is 6.42 Å². The first-order valence-electron chi connectivity index (χ1n) is 6.07. The van der Waals surface area contributed by atoms with Gasteiger partial charge < -0.3 is 20.3 Å². The molecule has 1 aliphatic rings. The maximum atomic E-state index is 11.6. The Labute approximate surface area is 102 Å². The van der Waals surface area contributed by atoms with Gasteiger partial charge in [0.25, 0.3) is 0 Å². The average molecular weight is 243 g/mol. The molecule has 0 aromatic carbocycles. The van der Waals surface area contributed by atoms with Gasteiger partial charge in [0.1, 0.15) is 0 Å². The third-order valence-corrected chi connectivity index (χ3v) is 2.78. The molecule has 0 aromatic rings. The molecule has 1 unspecified atom stereocenters. The van der Waals surface area contributed by atoms with Gasteiger partial charge in [0.05, 0.1) is 19.2 Å². The number of urea groups is 1. The first kappa shape index (κ1) is 13.8. The molecule has 1 rings (SSSR count). The van der Waals surface area contributed by atoms with Gasteiger partial charge >= 0.3 is 6.03 Å². The Bertz CT molecular complexity index is 261. The van der Waals surface area contributed by atoms with Crippen LogP contribution in [-0.2, 0) is 9.53 Å². The summed E-state index contributed by atoms with van der Waals surface area (Å²) in [7, 11) is 0. The molecule has 0 saturated carbocycles. The summed E-state index contributed by atoms with van der Waals surface area (Å²) in [6.07, 6.45) is 0.831. The van der Waals surface area contributed by atoms with Crippen molar-refractivity contribution in [1.82, 2.24) is 15.5 Å². The van der Waals surface area contributed by atoms with Crippen LogP contribution in [0.1, 0.15) is 20.3 Å². The minimum Gasteiger partial charge on any atom is -0.379 e. The Morgan fingerprint density at radius 2 is 2.06 bits per heavy atom. The van der Waals surface area contributed by atoms with E-state index in [1.165, 1.54) is 0 Å². The molecule has 0 radical (unpaired) electrons. The average Bonchev–Trinajstić information content (AvgIpc) is 2.81. The van der Waals surface area contributed by atoms with Crippen molar-refractivity contribution in [3.05, 3.63) is 0 Å². The van der Waals surface area contributed by atoms with E-state index >= 15 is 0 Å². The summed E-state index contributed by atoms with van der Waals surface area (Å²) in [6, 6.07) is -0.237. The highest BCUT2D eigenvalue weighted by molar-refractivity contribution is 5.84. The third-order valence-electron chi connectivity index (χ3n) is 2.78. The normalized spacial score (nSPS) is 18.8. The standard InChI is InChI=1S/C11H21N3O3/c1-3-14(4-2)10(15)7-12-11(16)13-9-5-6-17-8-9/h9H,3-8H2,1-2H3,(H2,12,13,16). The summed E-state index contributed by atoms with van der Waals surface area (Å²) in [5, 5.41) is 5.33. The molecule has 0 aromatic heterocycles. The van der Waals surface area contributed by atoms with E-state index in [1.807, 2.05) is 13.8 Å². The van der Waals surface area contributed by atoms with Gasteiger partial charge in [-0.25, -0.2) is 4.79 Å². The highest BCUT2D eigenvalue weighted by Crippen LogP contribution is 2.02. The van der Waals surface area contributed by atoms with Crippen LogP contribution in [0.3, 0.4) is 0 Å². The molecule has 2 N–H and O–H groups in total. The number of carbonyl (C=O) groups excluding carboxylic acids is 2. The van der Waals surface area contributed by atoms with Crippen molar-refractivity contribution >= 4 is 11.9 Å². The second kappa shape index (κ2) is 7.11. The molecule has 0 bridgehead atoms. The van der Waals surface area contributed by atoms with Crippen LogP contribution in [0, 0.1) is 0 Å². The summed E-state index contributed by atoms with van der Waals surface area (Å²) in [5.74, 6) is -0.0622. The lowest BCUT2D eigenvalue weighted by molar-refractivity contribution is -0.129. The predicted octanol–water partition coefficient (Wildman–Crippen LogP) is -0.0571. The van der Waals surface area contributed by atoms with Crippen molar-refractivity contribution in [3.63, 3.8) is 0 Å². The van der Waals surface area contributed by atoms with Crippen LogP contribution < -0.4 is 10.6 Å². The fourth-order valence-corrected chi connectivity index (χ4v) is 1.73. The molecule has 0 spiro atoms. The first-order valence-corrected chi connectivity index (χ1v) is 6.07. The summed E-state index contributed by atoms with van der Waals surface area (Å²) in [4.78, 5) is 24.7. The SMILES string of the molecule is CCN(CC)C(=O)CNC(=O)NC1CCOC1. The molecular weight excluding hydrogens is 222 g/mol. The van der Waals surface area contributed by atoms with E-state index in [0.29, 0.717) is 26.3 Å². The smallest absolute Gasteiger partial charge is 0.315 e. The topological polar surface area (TPSA) is 70.7 Å². The highest BCUT2D eigenvalue weighted by atomic mass is 16.5. The van der Waals surface area contributed by atoms with Crippen molar-refractivity contribution in [1.29, 1.82) is 0 Å². The van der Waals surface area contributed by atoms with Gasteiger partial charge in [-0.1, -0.05) is 0 Å². The summed E-state index contributed by atoms with van der Waals surface area (Å²) in [5.41, 5.74) is 0. The van der Waals surface area contributed by atoms with Gasteiger partial charge in [0.15, 0.2) is 0 Å². The van der Waals surface area contributed by atoms with Gasteiger partial charge in [-0.05, 0) is 20.3 Å². The molecule has 17 heavy (non-hydrogen) atoms. The minimum atomic E-state index is -0.305. The van der Waals surface area contributed by atoms with Crippen molar-refractivity contribution in [2.75, 3.05) is 32.8 Å². The maximum Gasteiger partial charge on any atom is 0.315 e. The van der Waals surface area contributed by atoms with E-state index in [9.17, 15) is 9.59 Å². The molecule has 6 nitrogen and oxygen atoms in total. The summed E-state index contributed by atoms with van der Waals surface area (Å²) in [6.45, 7) is 6.43. The van der Waals surface area contributed by atoms with Crippen LogP contribution in [0.5, 0.6) is 0 Å². The van der Waals surface area contributed by atoms with Crippen LogP contribution >= 0.6 is 0 Å². The summed E-state index contributed by atoms with van der Waals surface area (Å²) < 4.78 is 5.14. The van der Waals surface area contributed by atoms with E-state index < -0.39 is 0 Å². The predicted molar refractivity (Wildman–Crippen MR) is 63.7 cm³/mol. The molecule has 1 saturated heterocycles. The lowest BCUT2D eigenvalue weighted by atomic mass is 10.3. The van der Waals surface area contributed by atoms with Crippen LogP contribution in [0.4, 0.5) is 4.79 Å². The highest BCUT2D eigenvalue weighted by Gasteiger charge is 2.18. The third kappa shape index (κ3) is 4.60. The number of ether oxygens (including phenoxy) is 1. The number of hydrogen-bond donors (Lipinski definition) is 2. The number of amides is 3. The van der Waals surface area contributed by atoms with Crippen LogP contribution in [0.25, 0.3) is 0 Å². The Morgan fingerprint density at radius 1 is 1.35 bits per heavy atom. The number of hydrogen-bond acceptors (Lipinski definition) is 3. The van der Waals surface area contributed by atoms with Gasteiger partial charge in [-0.3, -0.25) is 4.79 Å². The van der Waals surface area contributed by atoms with Gasteiger partial charge in [-0.2, -0.15) is 0 Å². The van der Waals surface area contributed by atoms with Crippen molar-refractivity contribution in [3.8, 4) is 0 Å². The molecule has 0 aliphatic carbocycles. The van der Waals surface area contributed by atoms with Gasteiger partial charge in [0.2, 0.25) is 5.91 Å². The molecule has 6 heteroatoms. The molecular formula is C11H21N3O3. The quantitative estimate of drug-likeness (QED) is 0.711. The number of likely N-dealkylation sites (N-methyl/N-ethyl adjacent to an activating group) is 1. The van der Waals surface area contributed by atoms with E-state index in [1.54, 1.807) is 4.90 Å². The Hall–Kier alpha value is -1.30. The van der Waals surface area contributed by atoms with Crippen molar-refractivity contribution in [2.45, 2.75) is 26.3 Å². The molecule has 1 fully saturated rings. The number of nitrogens with zero attached hydrogens (tertiary/aromatic N) is 1. The fourth-order valence-electron chi connectivity index (χ4n) is 1.73. The Kier molecular flexibility index (Phi) is 5.76. The van der Waals surface area contributed by atoms with Crippen molar-refractivity contribution < 1.29 is 14.3 Å². The van der Waals surface area contributed by atoms with Crippen molar-refractivity contribution in [2.24, 2.45) is 0 Å². The number of rotatable bonds is 5. The zero-order chi connectivity index (χ0) is 12.7. The Morgan fingerprint density at radius 3 is 2.59 bits per heavy atom. The molecule has 1 atom stereocenters. The minimum absolute atomic E-state index is 0.0427. The monoisotopic (exact) mass is 243 g/mol. The fraction of sp³-hybridized carbons (Fsp3) is 0.818. The lowest BCUT2D eigenvalue weighted by Gasteiger charge is -2.19. The molecule has 98 valence electrons. The largest absolute Gasteiger partial charge is 0.379 e. The molecule has 3 amide bonds. The zero-order valence-corrected chi connectivity index (χ0v) is 10.5. The molecule has 1 aliphatic heterocycles. The van der Waals surface area contributed by atoms with Crippen LogP contribution in [0.2, 0.25) is 0 Å². The zero-order valence-electron chi connectivity index (χ0n) is 10.5. The van der Waals surface area contributed by atoms with E-state index in [2.05, 4.69) is 10.6 Å². The van der Waals surface area contributed by atoms with Gasteiger partial charge in [0, 0.05) is 19.7 Å². The number of carbonyl (C=O) groups is 2. The Balaban J connectivity index is 2.20. The van der Waals surface area contributed by atoms with Crippen LogP contribution in [0.15, 0.2) is 0 Å². The second-order valence-electron chi connectivity index (χ2n) is 3.95. The summed E-state index contributed by atoms with van der Waals surface area (Å²) >= 11 is 0. The molecule has 1 heterocycles. The lowest BCUT2D eigenvalue weighted by Crippen LogP contribution is -2.46. The van der Waals surface area contributed by atoms with Crippen LogP contribution in [-0.4, -0.2) is 55.7 Å². The van der Waals surface area contributed by atoms with E-state index in [-0.39, 0.29) is 24.5 Å². The second-order valence-corrected chi connectivity index (χ2v) is 3.95. The maximum absolute atomic E-state index is 11.6. The number of nitrogens with one attached hydrogen (secondary N) is 2. The van der Waals surface area contributed by atoms with E-state index in [4.69, 9.17) is 4.74 Å². The first-order chi connectivity index (χ1) is 8.17. The van der Waals surface area contributed by atoms with Gasteiger partial charge in [-0.15, -0.1) is 0 Å².